The van der Waals surface area contributed by atoms with Gasteiger partial charge in [0.15, 0.2) is 11.6 Å². The second kappa shape index (κ2) is 5.68. The lowest BCUT2D eigenvalue weighted by molar-refractivity contribution is 0.506. The lowest BCUT2D eigenvalue weighted by Crippen LogP contribution is -2.02. The molecule has 1 atom stereocenters. The molecule has 1 nitrogen and oxygen atoms in total. The summed E-state index contributed by atoms with van der Waals surface area (Å²) in [7, 11) is 0. The molecular weight excluding hydrogens is 268 g/mol. The van der Waals surface area contributed by atoms with E-state index in [-0.39, 0.29) is 5.92 Å². The Morgan fingerprint density at radius 3 is 2.67 bits per heavy atom. The van der Waals surface area contributed by atoms with Crippen LogP contribution in [0.4, 0.5) is 8.78 Å². The molecule has 0 saturated carbocycles. The van der Waals surface area contributed by atoms with Gasteiger partial charge in [0.1, 0.15) is 0 Å². The smallest absolute Gasteiger partial charge is 0.159 e. The highest BCUT2D eigenvalue weighted by atomic mass is 19.2. The van der Waals surface area contributed by atoms with Crippen molar-refractivity contribution >= 4 is 10.9 Å². The van der Waals surface area contributed by atoms with Gasteiger partial charge in [0.2, 0.25) is 0 Å². The molecule has 0 fully saturated rings. The number of aromatic nitrogens is 1. The summed E-state index contributed by atoms with van der Waals surface area (Å²) < 4.78 is 26.3. The first-order valence-electron chi connectivity index (χ1n) is 6.98. The maximum Gasteiger partial charge on any atom is 0.159 e. The summed E-state index contributed by atoms with van der Waals surface area (Å²) in [6.07, 6.45) is 4.74. The molecule has 1 unspecified atom stereocenters. The fourth-order valence-corrected chi connectivity index (χ4v) is 2.73. The Hall–Kier alpha value is -2.16. The summed E-state index contributed by atoms with van der Waals surface area (Å²) in [4.78, 5) is 3.26. The number of para-hydroxylation sites is 1. The van der Waals surface area contributed by atoms with Crippen molar-refractivity contribution in [1.29, 1.82) is 0 Å². The number of fused-ring (bicyclic) bond motifs is 1. The first-order valence-corrected chi connectivity index (χ1v) is 6.98. The Morgan fingerprint density at radius 1 is 1.10 bits per heavy atom. The third kappa shape index (κ3) is 2.68. The van der Waals surface area contributed by atoms with E-state index in [0.29, 0.717) is 6.42 Å². The van der Waals surface area contributed by atoms with Crippen LogP contribution in [0.1, 0.15) is 24.0 Å². The predicted molar refractivity (Wildman–Crippen MR) is 81.1 cm³/mol. The topological polar surface area (TPSA) is 15.8 Å². The van der Waals surface area contributed by atoms with Crippen LogP contribution in [0, 0.1) is 18.1 Å². The van der Waals surface area contributed by atoms with Gasteiger partial charge in [-0.3, -0.25) is 0 Å². The number of aromatic amines is 1. The van der Waals surface area contributed by atoms with Gasteiger partial charge in [-0.2, -0.15) is 0 Å². The molecule has 0 saturated heterocycles. The SMILES string of the molecule is C[CH]C(Cc1ccc(F)c(F)c1)c1c[nH]c2ccccc12. The number of nitrogens with one attached hydrogen (secondary N) is 1. The summed E-state index contributed by atoms with van der Waals surface area (Å²) in [5, 5.41) is 1.17. The largest absolute Gasteiger partial charge is 0.361 e. The molecule has 0 aliphatic rings. The highest BCUT2D eigenvalue weighted by molar-refractivity contribution is 5.83. The average molecular weight is 284 g/mol. The van der Waals surface area contributed by atoms with E-state index in [0.717, 1.165) is 11.1 Å². The van der Waals surface area contributed by atoms with Gasteiger partial charge in [-0.15, -0.1) is 0 Å². The fourth-order valence-electron chi connectivity index (χ4n) is 2.73. The van der Waals surface area contributed by atoms with Gasteiger partial charge in [0.05, 0.1) is 0 Å². The standard InChI is InChI=1S/C18H16F2N/c1-2-13(9-12-7-8-16(19)17(20)10-12)15-11-21-18-6-4-3-5-14(15)18/h2-8,10-11,13,21H,9H2,1H3. The lowest BCUT2D eigenvalue weighted by atomic mass is 9.89. The minimum absolute atomic E-state index is 0.158. The summed E-state index contributed by atoms with van der Waals surface area (Å²) in [6.45, 7) is 1.99. The summed E-state index contributed by atoms with van der Waals surface area (Å²) in [6, 6.07) is 12.2. The Balaban J connectivity index is 1.93. The van der Waals surface area contributed by atoms with Crippen LogP contribution in [-0.2, 0) is 6.42 Å². The molecule has 3 rings (SSSR count). The van der Waals surface area contributed by atoms with E-state index in [4.69, 9.17) is 0 Å². The molecule has 0 aliphatic heterocycles. The van der Waals surface area contributed by atoms with E-state index in [1.165, 1.54) is 23.1 Å². The van der Waals surface area contributed by atoms with Crippen LogP contribution in [0.3, 0.4) is 0 Å². The third-order valence-corrected chi connectivity index (χ3v) is 3.86. The maximum atomic E-state index is 13.3. The van der Waals surface area contributed by atoms with Gasteiger partial charge in [-0.25, -0.2) is 8.78 Å². The number of rotatable bonds is 4. The van der Waals surface area contributed by atoms with Gasteiger partial charge in [0.25, 0.3) is 0 Å². The van der Waals surface area contributed by atoms with Crippen molar-refractivity contribution in [2.45, 2.75) is 19.3 Å². The van der Waals surface area contributed by atoms with Crippen molar-refractivity contribution in [2.75, 3.05) is 0 Å². The van der Waals surface area contributed by atoms with E-state index in [1.807, 2.05) is 31.3 Å². The second-order valence-corrected chi connectivity index (χ2v) is 5.18. The highest BCUT2D eigenvalue weighted by Crippen LogP contribution is 2.30. The molecule has 0 bridgehead atoms. The monoisotopic (exact) mass is 284 g/mol. The number of hydrogen-bond acceptors (Lipinski definition) is 0. The molecule has 3 aromatic rings. The van der Waals surface area contributed by atoms with Crippen molar-refractivity contribution < 1.29 is 8.78 Å². The first kappa shape index (κ1) is 13.8. The zero-order chi connectivity index (χ0) is 14.8. The summed E-state index contributed by atoms with van der Waals surface area (Å²) >= 11 is 0. The molecule has 21 heavy (non-hydrogen) atoms. The Morgan fingerprint density at radius 2 is 1.90 bits per heavy atom. The molecule has 1 N–H and O–H groups in total. The van der Waals surface area contributed by atoms with E-state index in [1.54, 1.807) is 6.07 Å². The maximum absolute atomic E-state index is 13.3. The molecule has 1 radical (unpaired) electrons. The van der Waals surface area contributed by atoms with Crippen LogP contribution >= 0.6 is 0 Å². The quantitative estimate of drug-likeness (QED) is 0.694. The van der Waals surface area contributed by atoms with Crippen LogP contribution in [-0.4, -0.2) is 4.98 Å². The molecule has 1 aromatic heterocycles. The minimum atomic E-state index is -0.803. The fraction of sp³-hybridized carbons (Fsp3) is 0.167. The number of benzene rings is 2. The van der Waals surface area contributed by atoms with Gasteiger partial charge in [0, 0.05) is 17.1 Å². The summed E-state index contributed by atoms with van der Waals surface area (Å²) in [5.74, 6) is -1.44. The van der Waals surface area contributed by atoms with Crippen molar-refractivity contribution in [3.63, 3.8) is 0 Å². The van der Waals surface area contributed by atoms with Crippen molar-refractivity contribution in [2.24, 2.45) is 0 Å². The predicted octanol–water partition coefficient (Wildman–Crippen LogP) is 5.00. The first-order chi connectivity index (χ1) is 10.2. The highest BCUT2D eigenvalue weighted by Gasteiger charge is 2.15. The zero-order valence-electron chi connectivity index (χ0n) is 11.7. The number of halogens is 2. The van der Waals surface area contributed by atoms with Crippen molar-refractivity contribution in [1.82, 2.24) is 4.98 Å². The Labute approximate surface area is 122 Å². The second-order valence-electron chi connectivity index (χ2n) is 5.18. The Kier molecular flexibility index (Phi) is 3.74. The molecule has 1 heterocycles. The van der Waals surface area contributed by atoms with E-state index in [2.05, 4.69) is 17.5 Å². The lowest BCUT2D eigenvalue weighted by Gasteiger charge is -2.14. The number of hydrogen-bond donors (Lipinski definition) is 1. The Bertz CT molecular complexity index is 761. The number of H-pyrrole nitrogens is 1. The van der Waals surface area contributed by atoms with Crippen LogP contribution < -0.4 is 0 Å². The van der Waals surface area contributed by atoms with Gasteiger partial charge in [-0.05, 0) is 48.1 Å². The molecule has 3 heteroatoms. The van der Waals surface area contributed by atoms with E-state index >= 15 is 0 Å². The molecular formula is C18H16F2N. The van der Waals surface area contributed by atoms with Gasteiger partial charge >= 0.3 is 0 Å². The van der Waals surface area contributed by atoms with Crippen LogP contribution in [0.2, 0.25) is 0 Å². The van der Waals surface area contributed by atoms with Crippen LogP contribution in [0.25, 0.3) is 10.9 Å². The molecule has 0 amide bonds. The van der Waals surface area contributed by atoms with E-state index in [9.17, 15) is 8.78 Å². The third-order valence-electron chi connectivity index (χ3n) is 3.86. The van der Waals surface area contributed by atoms with E-state index < -0.39 is 11.6 Å². The molecule has 107 valence electrons. The van der Waals surface area contributed by atoms with Crippen LogP contribution in [0.15, 0.2) is 48.7 Å². The van der Waals surface area contributed by atoms with Crippen LogP contribution in [0.5, 0.6) is 0 Å². The zero-order valence-corrected chi connectivity index (χ0v) is 11.7. The molecule has 0 spiro atoms. The van der Waals surface area contributed by atoms with Gasteiger partial charge in [-0.1, -0.05) is 31.2 Å². The minimum Gasteiger partial charge on any atom is -0.361 e. The molecule has 2 aromatic carbocycles. The molecule has 0 aliphatic carbocycles. The van der Waals surface area contributed by atoms with Gasteiger partial charge < -0.3 is 4.98 Å². The van der Waals surface area contributed by atoms with Crippen molar-refractivity contribution in [3.8, 4) is 0 Å². The normalized spacial score (nSPS) is 12.7. The summed E-state index contributed by atoms with van der Waals surface area (Å²) in [5.41, 5.74) is 3.06. The van der Waals surface area contributed by atoms with Crippen molar-refractivity contribution in [3.05, 3.63) is 77.8 Å². The average Bonchev–Trinajstić information content (AvgIpc) is 2.92.